The Kier molecular flexibility index (Phi) is 5.00. The molecule has 0 bridgehead atoms. The molecule has 2 N–H and O–H groups in total. The monoisotopic (exact) mass is 409 g/mol. The Morgan fingerprint density at radius 2 is 1.65 bits per heavy atom. The van der Waals surface area contributed by atoms with Crippen LogP contribution in [0.5, 0.6) is 5.75 Å². The first-order valence-electron chi connectivity index (χ1n) is 10.4. The molecule has 0 aliphatic carbocycles. The van der Waals surface area contributed by atoms with E-state index in [4.69, 9.17) is 14.8 Å². The van der Waals surface area contributed by atoms with E-state index in [-0.39, 0.29) is 11.8 Å². The molecule has 5 rings (SSSR count). The second kappa shape index (κ2) is 8.11. The van der Waals surface area contributed by atoms with E-state index in [9.17, 15) is 5.11 Å². The number of oxazole rings is 1. The lowest BCUT2D eigenvalue weighted by atomic mass is 10.1. The van der Waals surface area contributed by atoms with Crippen molar-refractivity contribution in [2.45, 2.75) is 25.4 Å². The van der Waals surface area contributed by atoms with Crippen molar-refractivity contribution < 1.29 is 9.52 Å². The predicted molar refractivity (Wildman–Crippen MR) is 121 cm³/mol. The molecule has 31 heavy (non-hydrogen) atoms. The fourth-order valence-electron chi connectivity index (χ4n) is 4.13. The highest BCUT2D eigenvalue weighted by atomic mass is 16.4. The van der Waals surface area contributed by atoms with E-state index in [0.717, 1.165) is 34.6 Å². The fraction of sp³-hybridized carbons (Fsp3) is 0.154. The van der Waals surface area contributed by atoms with Crippen LogP contribution in [-0.2, 0) is 6.54 Å². The second-order valence-electron chi connectivity index (χ2n) is 7.76. The molecule has 5 nitrogen and oxygen atoms in total. The van der Waals surface area contributed by atoms with Crippen LogP contribution < -0.4 is 0 Å². The summed E-state index contributed by atoms with van der Waals surface area (Å²) in [6.07, 6.45) is 1.45. The summed E-state index contributed by atoms with van der Waals surface area (Å²) in [6, 6.07) is 27.1. The smallest absolute Gasteiger partial charge is 0.218 e. The topological polar surface area (TPSA) is 73.4 Å². The molecule has 1 fully saturated rings. The van der Waals surface area contributed by atoms with E-state index < -0.39 is 0 Å². The number of hydrogen-bond donors (Lipinski definition) is 2. The molecular weight excluding hydrogens is 386 g/mol. The molecular formula is C26H23N3O2. The SMILES string of the molecule is N=C1CCC(c2nc(-c3ccccc3)c(-c3ccccc3)o2)N1Cc1cccc(O)c1. The summed E-state index contributed by atoms with van der Waals surface area (Å²) in [6.45, 7) is 0.529. The number of aromatic hydroxyl groups is 1. The van der Waals surface area contributed by atoms with Crippen LogP contribution in [0.4, 0.5) is 0 Å². The Morgan fingerprint density at radius 3 is 2.35 bits per heavy atom. The first-order chi connectivity index (χ1) is 15.2. The van der Waals surface area contributed by atoms with Crippen molar-refractivity contribution in [2.24, 2.45) is 0 Å². The average Bonchev–Trinajstić information content (AvgIpc) is 3.39. The van der Waals surface area contributed by atoms with Crippen LogP contribution in [0.15, 0.2) is 89.3 Å². The largest absolute Gasteiger partial charge is 0.508 e. The van der Waals surface area contributed by atoms with Crippen LogP contribution in [0.25, 0.3) is 22.6 Å². The molecule has 1 atom stereocenters. The predicted octanol–water partition coefficient (Wildman–Crippen LogP) is 6.03. The third-order valence-corrected chi connectivity index (χ3v) is 5.65. The van der Waals surface area contributed by atoms with Gasteiger partial charge in [0.25, 0.3) is 0 Å². The van der Waals surface area contributed by atoms with Gasteiger partial charge in [0, 0.05) is 24.1 Å². The van der Waals surface area contributed by atoms with E-state index in [1.54, 1.807) is 12.1 Å². The van der Waals surface area contributed by atoms with Crippen molar-refractivity contribution in [3.8, 4) is 28.3 Å². The molecule has 1 saturated heterocycles. The minimum absolute atomic E-state index is 0.116. The first kappa shape index (κ1) is 19.1. The van der Waals surface area contributed by atoms with E-state index in [1.165, 1.54) is 0 Å². The van der Waals surface area contributed by atoms with Crippen molar-refractivity contribution in [3.63, 3.8) is 0 Å². The molecule has 5 heteroatoms. The van der Waals surface area contributed by atoms with Gasteiger partial charge in [0.1, 0.15) is 17.5 Å². The highest BCUT2D eigenvalue weighted by Gasteiger charge is 2.34. The van der Waals surface area contributed by atoms with Gasteiger partial charge < -0.3 is 14.4 Å². The van der Waals surface area contributed by atoms with Gasteiger partial charge in [-0.15, -0.1) is 0 Å². The number of phenolic OH excluding ortho intramolecular Hbond substituents is 1. The Bertz CT molecular complexity index is 1140. The quantitative estimate of drug-likeness (QED) is 0.422. The zero-order valence-electron chi connectivity index (χ0n) is 17.0. The number of phenols is 1. The molecule has 2 heterocycles. The number of hydrogen-bond acceptors (Lipinski definition) is 4. The number of rotatable bonds is 5. The molecule has 4 aromatic rings. The van der Waals surface area contributed by atoms with Gasteiger partial charge in [-0.3, -0.25) is 5.41 Å². The summed E-state index contributed by atoms with van der Waals surface area (Å²) < 4.78 is 6.38. The molecule has 1 aromatic heterocycles. The van der Waals surface area contributed by atoms with Crippen LogP contribution >= 0.6 is 0 Å². The van der Waals surface area contributed by atoms with Crippen LogP contribution in [0.2, 0.25) is 0 Å². The average molecular weight is 409 g/mol. The van der Waals surface area contributed by atoms with E-state index >= 15 is 0 Å². The van der Waals surface area contributed by atoms with Gasteiger partial charge >= 0.3 is 0 Å². The van der Waals surface area contributed by atoms with Gasteiger partial charge in [-0.05, 0) is 24.1 Å². The summed E-state index contributed by atoms with van der Waals surface area (Å²) in [4.78, 5) is 6.95. The maximum atomic E-state index is 9.82. The van der Waals surface area contributed by atoms with Crippen LogP contribution in [-0.4, -0.2) is 20.8 Å². The Balaban J connectivity index is 1.55. The third-order valence-electron chi connectivity index (χ3n) is 5.65. The van der Waals surface area contributed by atoms with Gasteiger partial charge in [0.2, 0.25) is 5.89 Å². The number of aromatic nitrogens is 1. The molecule has 0 amide bonds. The Labute approximate surface area is 181 Å². The number of nitrogens with one attached hydrogen (secondary N) is 1. The number of benzene rings is 3. The zero-order chi connectivity index (χ0) is 21.2. The van der Waals surface area contributed by atoms with Crippen molar-refractivity contribution in [2.75, 3.05) is 0 Å². The number of likely N-dealkylation sites (tertiary alicyclic amines) is 1. The molecule has 1 aliphatic heterocycles. The molecule has 1 aliphatic rings. The molecule has 154 valence electrons. The Hall–Kier alpha value is -3.86. The van der Waals surface area contributed by atoms with Crippen LogP contribution in [0.3, 0.4) is 0 Å². The third kappa shape index (κ3) is 3.82. The summed E-state index contributed by atoms with van der Waals surface area (Å²) in [5.74, 6) is 2.17. The molecule has 0 spiro atoms. The minimum atomic E-state index is -0.116. The minimum Gasteiger partial charge on any atom is -0.508 e. The zero-order valence-corrected chi connectivity index (χ0v) is 17.0. The van der Waals surface area contributed by atoms with Gasteiger partial charge in [0.15, 0.2) is 5.76 Å². The Morgan fingerprint density at radius 1 is 0.935 bits per heavy atom. The van der Waals surface area contributed by atoms with Gasteiger partial charge in [-0.25, -0.2) is 4.98 Å². The number of nitrogens with zero attached hydrogens (tertiary/aromatic N) is 2. The summed E-state index contributed by atoms with van der Waals surface area (Å²) in [5, 5.41) is 18.3. The van der Waals surface area contributed by atoms with Gasteiger partial charge in [0.05, 0.1) is 5.84 Å². The second-order valence-corrected chi connectivity index (χ2v) is 7.76. The van der Waals surface area contributed by atoms with Crippen molar-refractivity contribution in [3.05, 3.63) is 96.4 Å². The highest BCUT2D eigenvalue weighted by Crippen LogP contribution is 2.39. The van der Waals surface area contributed by atoms with E-state index in [1.807, 2.05) is 77.7 Å². The molecule has 1 unspecified atom stereocenters. The first-order valence-corrected chi connectivity index (χ1v) is 10.4. The normalized spacial score (nSPS) is 16.1. The van der Waals surface area contributed by atoms with Crippen LogP contribution in [0, 0.1) is 5.41 Å². The number of amidine groups is 1. The van der Waals surface area contributed by atoms with Crippen molar-refractivity contribution in [1.82, 2.24) is 9.88 Å². The maximum Gasteiger partial charge on any atom is 0.218 e. The lowest BCUT2D eigenvalue weighted by Gasteiger charge is -2.24. The molecule has 0 radical (unpaired) electrons. The standard InChI is InChI=1S/C26H23N3O2/c27-23-15-14-22(29(23)17-18-8-7-13-21(30)16-18)26-28-24(19-9-3-1-4-10-19)25(31-26)20-11-5-2-6-12-20/h1-13,16,22,27,30H,14-15,17H2. The fourth-order valence-corrected chi connectivity index (χ4v) is 4.13. The van der Waals surface area contributed by atoms with E-state index in [0.29, 0.717) is 24.7 Å². The summed E-state index contributed by atoms with van der Waals surface area (Å²) >= 11 is 0. The van der Waals surface area contributed by atoms with Gasteiger partial charge in [-0.1, -0.05) is 72.8 Å². The molecule has 3 aromatic carbocycles. The van der Waals surface area contributed by atoms with Crippen molar-refractivity contribution >= 4 is 5.84 Å². The van der Waals surface area contributed by atoms with Crippen LogP contribution in [0.1, 0.15) is 30.3 Å². The highest BCUT2D eigenvalue weighted by molar-refractivity contribution is 5.82. The molecule has 0 saturated carbocycles. The lowest BCUT2D eigenvalue weighted by Crippen LogP contribution is -2.26. The lowest BCUT2D eigenvalue weighted by molar-refractivity contribution is 0.281. The summed E-state index contributed by atoms with van der Waals surface area (Å²) in [7, 11) is 0. The summed E-state index contributed by atoms with van der Waals surface area (Å²) in [5.41, 5.74) is 3.75. The maximum absolute atomic E-state index is 9.82. The van der Waals surface area contributed by atoms with E-state index in [2.05, 4.69) is 0 Å². The van der Waals surface area contributed by atoms with Crippen molar-refractivity contribution in [1.29, 1.82) is 5.41 Å². The van der Waals surface area contributed by atoms with Gasteiger partial charge in [-0.2, -0.15) is 0 Å².